The number of rotatable bonds is 7. The van der Waals surface area contributed by atoms with Crippen molar-refractivity contribution in [2.75, 3.05) is 30.0 Å². The van der Waals surface area contributed by atoms with Gasteiger partial charge in [-0.25, -0.2) is 0 Å². The molecule has 0 spiro atoms. The molecule has 0 radical (unpaired) electrons. The Kier molecular flexibility index (Phi) is 8.73. The molecule has 2 heterocycles. The lowest BCUT2D eigenvalue weighted by molar-refractivity contribution is 0.305. The summed E-state index contributed by atoms with van der Waals surface area (Å²) < 4.78 is 8.60. The maximum absolute atomic E-state index is 6.22. The number of hydrogen-bond donors (Lipinski definition) is 0. The van der Waals surface area contributed by atoms with E-state index < -0.39 is 0 Å². The van der Waals surface area contributed by atoms with Crippen molar-refractivity contribution in [3.63, 3.8) is 0 Å². The van der Waals surface area contributed by atoms with Crippen molar-refractivity contribution in [3.05, 3.63) is 179 Å². The molecule has 0 atom stereocenters. The molecule has 3 aliphatic rings. The van der Waals surface area contributed by atoms with E-state index in [1.165, 1.54) is 33.9 Å². The van der Waals surface area contributed by atoms with E-state index in [2.05, 4.69) is 195 Å². The van der Waals surface area contributed by atoms with Crippen LogP contribution in [-0.4, -0.2) is 25.9 Å². The van der Waals surface area contributed by atoms with E-state index in [0.29, 0.717) is 0 Å². The predicted molar refractivity (Wildman–Crippen MR) is 212 cm³/mol. The van der Waals surface area contributed by atoms with Crippen molar-refractivity contribution >= 4 is 28.5 Å². The second kappa shape index (κ2) is 13.2. The SMILES string of the molecule is CCN1/C(=C/C=C2C(OC)=C/C(=C\C=C3\N(CC)c4ccccc4C3(C)C)C\2=[N+](c2ccccc2)c2ccccc2)C(C)(C)c2ccccc21. The molecule has 0 saturated heterocycles. The van der Waals surface area contributed by atoms with Crippen molar-refractivity contribution in [2.45, 2.75) is 52.4 Å². The number of allylic oxidation sites excluding steroid dienone is 9. The summed E-state index contributed by atoms with van der Waals surface area (Å²) in [5, 5.41) is 0. The van der Waals surface area contributed by atoms with Crippen molar-refractivity contribution in [1.29, 1.82) is 0 Å². The maximum Gasteiger partial charge on any atom is 0.230 e. The number of methoxy groups -OCH3 is 1. The fraction of sp³-hybridized carbons (Fsp3) is 0.239. The number of ether oxygens (including phenoxy) is 1. The molecule has 4 nitrogen and oxygen atoms in total. The molecule has 0 unspecified atom stereocenters. The van der Waals surface area contributed by atoms with Crippen LogP contribution < -0.4 is 14.4 Å². The number of benzene rings is 4. The summed E-state index contributed by atoms with van der Waals surface area (Å²) in [4.78, 5) is 4.90. The van der Waals surface area contributed by atoms with Gasteiger partial charge in [0, 0.05) is 71.0 Å². The van der Waals surface area contributed by atoms with E-state index in [1.807, 2.05) is 0 Å². The van der Waals surface area contributed by atoms with Crippen LogP contribution in [0.1, 0.15) is 52.7 Å². The van der Waals surface area contributed by atoms with Gasteiger partial charge in [-0.3, -0.25) is 0 Å². The van der Waals surface area contributed by atoms with Gasteiger partial charge in [-0.05, 0) is 67.5 Å². The number of hydrogen-bond acceptors (Lipinski definition) is 3. The molecule has 4 aromatic rings. The molecule has 1 aliphatic carbocycles. The number of anilines is 2. The van der Waals surface area contributed by atoms with Crippen LogP contribution in [0.5, 0.6) is 0 Å². The molecular formula is C46H48N3O+. The minimum absolute atomic E-state index is 0.134. The van der Waals surface area contributed by atoms with Crippen molar-refractivity contribution in [2.24, 2.45) is 0 Å². The summed E-state index contributed by atoms with van der Waals surface area (Å²) >= 11 is 0. The topological polar surface area (TPSA) is 18.7 Å². The molecule has 0 amide bonds. The van der Waals surface area contributed by atoms with Crippen molar-refractivity contribution in [3.8, 4) is 0 Å². The summed E-state index contributed by atoms with van der Waals surface area (Å²) in [7, 11) is 1.78. The smallest absolute Gasteiger partial charge is 0.230 e. The van der Waals surface area contributed by atoms with E-state index in [9.17, 15) is 0 Å². The van der Waals surface area contributed by atoms with E-state index >= 15 is 0 Å². The summed E-state index contributed by atoms with van der Waals surface area (Å²) in [6, 6.07) is 38.9. The average Bonchev–Trinajstić information content (AvgIpc) is 3.68. The largest absolute Gasteiger partial charge is 0.496 e. The fourth-order valence-electron chi connectivity index (χ4n) is 8.12. The van der Waals surface area contributed by atoms with Crippen molar-refractivity contribution in [1.82, 2.24) is 4.58 Å². The Hall–Kier alpha value is -5.35. The van der Waals surface area contributed by atoms with Gasteiger partial charge in [-0.2, -0.15) is 4.58 Å². The standard InChI is InChI=1S/C46H48N3O/c1-8-47-39-26-18-16-24-37(39)45(3,4)42(47)30-28-33-32-41(50-7)36(29-31-43-46(5,6)38-25-17-19-27-40(38)48(43)9-2)44(33)49(34-20-12-10-13-21-34)35-22-14-11-15-23-35/h10-32H,8-9H2,1-7H3/q+1. The highest BCUT2D eigenvalue weighted by molar-refractivity contribution is 6.22. The molecule has 0 fully saturated rings. The first kappa shape index (κ1) is 33.2. The highest BCUT2D eigenvalue weighted by Crippen LogP contribution is 2.49. The summed E-state index contributed by atoms with van der Waals surface area (Å²) in [5.41, 5.74) is 13.0. The van der Waals surface area contributed by atoms with Crippen LogP contribution in [0.25, 0.3) is 0 Å². The third kappa shape index (κ3) is 5.44. The lowest BCUT2D eigenvalue weighted by Gasteiger charge is -2.26. The summed E-state index contributed by atoms with van der Waals surface area (Å²) in [6.07, 6.45) is 11.4. The minimum atomic E-state index is -0.145. The third-order valence-corrected chi connectivity index (χ3v) is 10.6. The Morgan fingerprint density at radius 1 is 0.580 bits per heavy atom. The van der Waals surface area contributed by atoms with Gasteiger partial charge in [0.05, 0.1) is 18.3 Å². The van der Waals surface area contributed by atoms with Gasteiger partial charge in [0.25, 0.3) is 0 Å². The quantitative estimate of drug-likeness (QED) is 0.184. The van der Waals surface area contributed by atoms with Gasteiger partial charge < -0.3 is 14.5 Å². The Balaban J connectivity index is 1.48. The van der Waals surface area contributed by atoms with Crippen LogP contribution in [-0.2, 0) is 15.6 Å². The molecule has 0 N–H and O–H groups in total. The summed E-state index contributed by atoms with van der Waals surface area (Å²) in [6.45, 7) is 15.6. The summed E-state index contributed by atoms with van der Waals surface area (Å²) in [5.74, 6) is 0.844. The molecule has 0 aromatic heterocycles. The van der Waals surface area contributed by atoms with Gasteiger partial charge in [-0.15, -0.1) is 0 Å². The zero-order valence-corrected chi connectivity index (χ0v) is 30.4. The lowest BCUT2D eigenvalue weighted by Crippen LogP contribution is -2.26. The third-order valence-electron chi connectivity index (χ3n) is 10.6. The molecule has 7 rings (SSSR count). The zero-order valence-electron chi connectivity index (χ0n) is 30.4. The first-order valence-electron chi connectivity index (χ1n) is 17.8. The van der Waals surface area contributed by atoms with Gasteiger partial charge in [0.1, 0.15) is 5.76 Å². The van der Waals surface area contributed by atoms with E-state index in [-0.39, 0.29) is 10.8 Å². The fourth-order valence-corrected chi connectivity index (χ4v) is 8.12. The molecule has 2 aliphatic heterocycles. The first-order valence-corrected chi connectivity index (χ1v) is 17.8. The molecular weight excluding hydrogens is 611 g/mol. The molecule has 4 heteroatoms. The molecule has 4 aromatic carbocycles. The molecule has 0 saturated carbocycles. The van der Waals surface area contributed by atoms with Crippen LogP contribution in [0.3, 0.4) is 0 Å². The van der Waals surface area contributed by atoms with Gasteiger partial charge >= 0.3 is 0 Å². The van der Waals surface area contributed by atoms with Gasteiger partial charge in [-0.1, -0.05) is 100 Å². The lowest BCUT2D eigenvalue weighted by atomic mass is 9.83. The highest BCUT2D eigenvalue weighted by Gasteiger charge is 2.41. The Bertz CT molecular complexity index is 2070. The predicted octanol–water partition coefficient (Wildman–Crippen LogP) is 10.8. The van der Waals surface area contributed by atoms with Crippen LogP contribution in [0, 0.1) is 0 Å². The van der Waals surface area contributed by atoms with E-state index in [0.717, 1.165) is 47.1 Å². The minimum Gasteiger partial charge on any atom is -0.496 e. The van der Waals surface area contributed by atoms with Crippen LogP contribution in [0.15, 0.2) is 168 Å². The number of nitrogens with zero attached hydrogens (tertiary/aromatic N) is 3. The maximum atomic E-state index is 6.22. The number of para-hydroxylation sites is 4. The van der Waals surface area contributed by atoms with E-state index in [1.54, 1.807) is 7.11 Å². The Morgan fingerprint density at radius 2 is 1.02 bits per heavy atom. The van der Waals surface area contributed by atoms with Gasteiger partial charge in [0.2, 0.25) is 17.1 Å². The highest BCUT2D eigenvalue weighted by atomic mass is 16.5. The van der Waals surface area contributed by atoms with Crippen LogP contribution in [0.4, 0.5) is 22.7 Å². The monoisotopic (exact) mass is 658 g/mol. The van der Waals surface area contributed by atoms with E-state index in [4.69, 9.17) is 4.74 Å². The second-order valence-electron chi connectivity index (χ2n) is 14.1. The molecule has 252 valence electrons. The van der Waals surface area contributed by atoms with Crippen LogP contribution >= 0.6 is 0 Å². The van der Waals surface area contributed by atoms with Crippen molar-refractivity contribution < 1.29 is 4.74 Å². The molecule has 50 heavy (non-hydrogen) atoms. The normalized spacial score (nSPS) is 20.5. The number of fused-ring (bicyclic) bond motifs is 2. The van der Waals surface area contributed by atoms with Crippen LogP contribution in [0.2, 0.25) is 0 Å². The Morgan fingerprint density at radius 3 is 1.48 bits per heavy atom. The second-order valence-corrected chi connectivity index (χ2v) is 14.1. The Labute approximate surface area is 298 Å². The first-order chi connectivity index (χ1) is 24.2. The van der Waals surface area contributed by atoms with Gasteiger partial charge in [0.15, 0.2) is 0 Å². The zero-order chi connectivity index (χ0) is 35.0. The molecule has 0 bridgehead atoms. The number of likely N-dealkylation sites (N-methyl/N-ethyl adjacent to an activating group) is 2. The average molecular weight is 659 g/mol.